The summed E-state index contributed by atoms with van der Waals surface area (Å²) in [5, 5.41) is 0. The zero-order valence-electron chi connectivity index (χ0n) is 24.5. The number of fused-ring (bicyclic) bond motifs is 3. The number of allylic oxidation sites excluding steroid dienone is 4. The standard InChI is InChI=1S/C18H25.C13H9.C8H8.Zr/c1-12-3-13(2)17(4-12)11-18-8-14-5-15(9-18)7-16(6-14)10-18;1-3-7-12-10(5-1)9-11-6-2-4-8-13(11)12;1-7-3-5-8(2)6-4-7;/h4,12,14-16H,5-11H2,1-2H3;1-5,7-8H,9H2;1,3-6H,2H3;. The van der Waals surface area contributed by atoms with Crippen LogP contribution in [0.2, 0.25) is 0 Å². The van der Waals surface area contributed by atoms with Gasteiger partial charge < -0.3 is 0 Å². The van der Waals surface area contributed by atoms with Crippen LogP contribution in [0.4, 0.5) is 0 Å². The Morgan fingerprint density at radius 3 is 2.20 bits per heavy atom. The molecule has 0 aromatic heterocycles. The van der Waals surface area contributed by atoms with Crippen molar-refractivity contribution in [1.82, 2.24) is 0 Å². The van der Waals surface area contributed by atoms with Gasteiger partial charge in [-0.15, -0.1) is 0 Å². The summed E-state index contributed by atoms with van der Waals surface area (Å²) in [6.07, 6.45) is 14.3. The minimum atomic E-state index is -2.40. The van der Waals surface area contributed by atoms with E-state index in [1.54, 1.807) is 39.2 Å². The molecule has 0 radical (unpaired) electrons. The third-order valence-corrected chi connectivity index (χ3v) is 18.9. The number of benzene rings is 3. The van der Waals surface area contributed by atoms with E-state index in [2.05, 4.69) is 97.3 Å². The molecule has 0 saturated heterocycles. The van der Waals surface area contributed by atoms with Gasteiger partial charge in [-0.05, 0) is 0 Å². The molecule has 9 rings (SSSR count). The van der Waals surface area contributed by atoms with Crippen molar-refractivity contribution in [3.63, 3.8) is 0 Å². The summed E-state index contributed by atoms with van der Waals surface area (Å²) in [6.45, 7) is 7.25. The third kappa shape index (κ3) is 4.29. The fourth-order valence-corrected chi connectivity index (χ4v) is 17.7. The first-order chi connectivity index (χ1) is 19.4. The molecular weight excluding hydrogens is 560 g/mol. The molecule has 202 valence electrons. The summed E-state index contributed by atoms with van der Waals surface area (Å²) in [4.78, 5) is 0. The maximum absolute atomic E-state index is 2.77. The van der Waals surface area contributed by atoms with Crippen LogP contribution in [0.5, 0.6) is 0 Å². The van der Waals surface area contributed by atoms with E-state index in [-0.39, 0.29) is 0 Å². The topological polar surface area (TPSA) is 0 Å². The zero-order chi connectivity index (χ0) is 27.0. The number of aryl methyl sites for hydroxylation is 1. The molecule has 40 heavy (non-hydrogen) atoms. The predicted molar refractivity (Wildman–Crippen MR) is 166 cm³/mol. The van der Waals surface area contributed by atoms with E-state index in [9.17, 15) is 0 Å². The fourth-order valence-electron chi connectivity index (χ4n) is 10.1. The van der Waals surface area contributed by atoms with Gasteiger partial charge in [-0.25, -0.2) is 0 Å². The number of hydrogen-bond donors (Lipinski definition) is 0. The first kappa shape index (κ1) is 25.6. The molecule has 0 nitrogen and oxygen atoms in total. The van der Waals surface area contributed by atoms with Crippen LogP contribution in [-0.4, -0.2) is 3.71 Å². The predicted octanol–water partition coefficient (Wildman–Crippen LogP) is 9.12. The second kappa shape index (κ2) is 9.73. The van der Waals surface area contributed by atoms with Crippen molar-refractivity contribution in [1.29, 1.82) is 0 Å². The van der Waals surface area contributed by atoms with Crippen LogP contribution in [-0.2, 0) is 27.7 Å². The van der Waals surface area contributed by atoms with Gasteiger partial charge in [0.05, 0.1) is 0 Å². The Morgan fingerprint density at radius 2 is 1.48 bits per heavy atom. The Bertz CT molecular complexity index is 1560. The first-order valence-electron chi connectivity index (χ1n) is 15.9. The Hall–Kier alpha value is -2.11. The monoisotopic (exact) mass is 600 g/mol. The van der Waals surface area contributed by atoms with E-state index in [0.717, 1.165) is 24.2 Å². The van der Waals surface area contributed by atoms with Crippen molar-refractivity contribution in [3.8, 4) is 11.1 Å². The third-order valence-electron chi connectivity index (χ3n) is 11.3. The first-order valence-corrected chi connectivity index (χ1v) is 19.7. The molecule has 6 aliphatic carbocycles. The van der Waals surface area contributed by atoms with Crippen LogP contribution in [0, 0.1) is 36.0 Å². The quantitative estimate of drug-likeness (QED) is 0.214. The van der Waals surface area contributed by atoms with Gasteiger partial charge >= 0.3 is 250 Å². The van der Waals surface area contributed by atoms with Crippen molar-refractivity contribution in [3.05, 3.63) is 109 Å². The molecular formula is C39H42Zr. The molecule has 3 aromatic rings. The van der Waals surface area contributed by atoms with Gasteiger partial charge in [0.1, 0.15) is 0 Å². The molecule has 0 N–H and O–H groups in total. The zero-order valence-corrected chi connectivity index (χ0v) is 26.9. The molecule has 3 aromatic carbocycles. The Kier molecular flexibility index (Phi) is 6.22. The Morgan fingerprint density at radius 1 is 0.800 bits per heavy atom. The fraction of sp³-hybridized carbons (Fsp3) is 0.410. The van der Waals surface area contributed by atoms with Crippen LogP contribution in [0.1, 0.15) is 81.0 Å². The van der Waals surface area contributed by atoms with Crippen LogP contribution in [0.3, 0.4) is 0 Å². The summed E-state index contributed by atoms with van der Waals surface area (Å²) in [6, 6.07) is 25.7. The van der Waals surface area contributed by atoms with Crippen molar-refractivity contribution >= 4 is 6.98 Å². The summed E-state index contributed by atoms with van der Waals surface area (Å²) >= 11 is -2.40. The van der Waals surface area contributed by atoms with Gasteiger partial charge in [0, 0.05) is 0 Å². The second-order valence-electron chi connectivity index (χ2n) is 14.2. The van der Waals surface area contributed by atoms with E-state index in [1.165, 1.54) is 53.5 Å². The SMILES string of the molecule is CC1=[C](/[Zr](=[CH]/c2ccc(C)cc2)[c]2cccc3c2Cc2ccccc2-3)C(C)C=C1CC12CC3CC(CC(C3)C1)C2. The summed E-state index contributed by atoms with van der Waals surface area (Å²) in [7, 11) is 0. The van der Waals surface area contributed by atoms with Gasteiger partial charge in [0.25, 0.3) is 0 Å². The minimum absolute atomic E-state index is 0.569. The van der Waals surface area contributed by atoms with Crippen molar-refractivity contribution < 1.29 is 21.3 Å². The van der Waals surface area contributed by atoms with Gasteiger partial charge in [0.15, 0.2) is 0 Å². The van der Waals surface area contributed by atoms with Crippen LogP contribution in [0.25, 0.3) is 11.1 Å². The van der Waals surface area contributed by atoms with Crippen LogP contribution < -0.4 is 3.27 Å². The molecule has 0 spiro atoms. The van der Waals surface area contributed by atoms with Gasteiger partial charge in [0.2, 0.25) is 0 Å². The Balaban J connectivity index is 1.22. The summed E-state index contributed by atoms with van der Waals surface area (Å²) in [5.74, 6) is 3.66. The van der Waals surface area contributed by atoms with Crippen LogP contribution >= 0.6 is 0 Å². The number of rotatable bonds is 5. The molecule has 1 unspecified atom stereocenters. The molecule has 4 saturated carbocycles. The van der Waals surface area contributed by atoms with E-state index >= 15 is 0 Å². The molecule has 0 aliphatic heterocycles. The van der Waals surface area contributed by atoms with E-state index in [0.29, 0.717) is 11.3 Å². The van der Waals surface area contributed by atoms with Crippen LogP contribution in [0.15, 0.2) is 87.2 Å². The summed E-state index contributed by atoms with van der Waals surface area (Å²) < 4.78 is 6.33. The van der Waals surface area contributed by atoms with E-state index in [1.807, 2.05) is 3.28 Å². The molecule has 4 bridgehead atoms. The molecule has 4 fully saturated rings. The van der Waals surface area contributed by atoms with E-state index in [4.69, 9.17) is 0 Å². The molecule has 0 amide bonds. The molecule has 0 heterocycles. The van der Waals surface area contributed by atoms with Crippen molar-refractivity contribution in [2.75, 3.05) is 0 Å². The number of hydrogen-bond acceptors (Lipinski definition) is 0. The van der Waals surface area contributed by atoms with Gasteiger partial charge in [-0.1, -0.05) is 0 Å². The molecule has 6 aliphatic rings. The maximum atomic E-state index is 2.77. The van der Waals surface area contributed by atoms with Crippen molar-refractivity contribution in [2.45, 2.75) is 72.1 Å². The van der Waals surface area contributed by atoms with Gasteiger partial charge in [-0.3, -0.25) is 0 Å². The van der Waals surface area contributed by atoms with Gasteiger partial charge in [-0.2, -0.15) is 0 Å². The second-order valence-corrected chi connectivity index (χ2v) is 19.6. The average Bonchev–Trinajstić information content (AvgIpc) is 3.44. The Labute approximate surface area is 248 Å². The average molecular weight is 602 g/mol. The normalized spacial score (nSPS) is 30.1. The molecule has 1 atom stereocenters. The van der Waals surface area contributed by atoms with Crippen molar-refractivity contribution in [2.24, 2.45) is 29.1 Å². The van der Waals surface area contributed by atoms with E-state index < -0.39 is 21.3 Å². The summed E-state index contributed by atoms with van der Waals surface area (Å²) in [5.41, 5.74) is 12.9. The molecule has 1 heteroatoms.